The summed E-state index contributed by atoms with van der Waals surface area (Å²) in [5.74, 6) is 2.46. The smallest absolute Gasteiger partial charge is 0.191 e. The zero-order chi connectivity index (χ0) is 17.3. The van der Waals surface area contributed by atoms with E-state index in [4.69, 9.17) is 9.47 Å². The molecule has 1 aliphatic heterocycles. The van der Waals surface area contributed by atoms with E-state index in [1.54, 1.807) is 0 Å². The molecular weight excluding hydrogens is 316 g/mol. The Morgan fingerprint density at radius 2 is 1.92 bits per heavy atom. The molecule has 0 saturated carbocycles. The predicted octanol–water partition coefficient (Wildman–Crippen LogP) is 2.40. The maximum absolute atomic E-state index is 5.74. The molecule has 0 saturated heterocycles. The average Bonchev–Trinajstić information content (AvgIpc) is 3.03. The number of ether oxygens (including phenoxy) is 2. The molecule has 1 aromatic heterocycles. The van der Waals surface area contributed by atoms with Crippen LogP contribution in [0.15, 0.2) is 47.7 Å². The second-order valence-corrected chi connectivity index (χ2v) is 5.87. The number of aromatic nitrogens is 1. The van der Waals surface area contributed by atoms with Crippen LogP contribution in [0.2, 0.25) is 0 Å². The highest BCUT2D eigenvalue weighted by Gasteiger charge is 2.10. The molecule has 2 heterocycles. The number of hydrogen-bond donors (Lipinski definition) is 2. The molecule has 0 bridgehead atoms. The minimum Gasteiger partial charge on any atom is -0.490 e. The zero-order valence-corrected chi connectivity index (χ0v) is 14.7. The van der Waals surface area contributed by atoms with Gasteiger partial charge in [-0.3, -0.25) is 0 Å². The van der Waals surface area contributed by atoms with E-state index >= 15 is 0 Å². The predicted molar refractivity (Wildman–Crippen MR) is 99.3 cm³/mol. The van der Waals surface area contributed by atoms with Gasteiger partial charge >= 0.3 is 0 Å². The van der Waals surface area contributed by atoms with Gasteiger partial charge in [-0.25, -0.2) is 4.99 Å². The Bertz CT molecular complexity index is 683. The topological polar surface area (TPSA) is 59.8 Å². The van der Waals surface area contributed by atoms with Crippen LogP contribution < -0.4 is 20.1 Å². The molecule has 0 fully saturated rings. The van der Waals surface area contributed by atoms with E-state index in [2.05, 4.69) is 39.5 Å². The van der Waals surface area contributed by atoms with E-state index in [9.17, 15) is 0 Å². The van der Waals surface area contributed by atoms with Crippen molar-refractivity contribution in [2.75, 3.05) is 26.3 Å². The molecule has 1 aromatic carbocycles. The summed E-state index contributed by atoms with van der Waals surface area (Å²) in [7, 11) is 0. The van der Waals surface area contributed by atoms with E-state index in [0.29, 0.717) is 19.8 Å². The van der Waals surface area contributed by atoms with Crippen LogP contribution in [-0.2, 0) is 13.1 Å². The number of fused-ring (bicyclic) bond motifs is 1. The molecule has 2 aromatic rings. The third kappa shape index (κ3) is 5.17. The number of rotatable bonds is 6. The number of benzene rings is 1. The third-order valence-electron chi connectivity index (χ3n) is 3.90. The lowest BCUT2D eigenvalue weighted by atomic mass is 10.2. The molecule has 0 radical (unpaired) electrons. The minimum atomic E-state index is 0.593. The Hall–Kier alpha value is -2.63. The normalized spacial score (nSPS) is 14.0. The first kappa shape index (κ1) is 17.2. The number of hydrogen-bond acceptors (Lipinski definition) is 3. The van der Waals surface area contributed by atoms with E-state index in [0.717, 1.165) is 49.1 Å². The molecule has 3 rings (SSSR count). The fourth-order valence-corrected chi connectivity index (χ4v) is 2.64. The van der Waals surface area contributed by atoms with Crippen LogP contribution in [0.25, 0.3) is 0 Å². The molecule has 0 spiro atoms. The Morgan fingerprint density at radius 3 is 2.72 bits per heavy atom. The number of nitrogens with one attached hydrogen (secondary N) is 2. The maximum atomic E-state index is 5.74. The Balaban J connectivity index is 1.57. The summed E-state index contributed by atoms with van der Waals surface area (Å²) in [4.78, 5) is 4.66. The first-order valence-corrected chi connectivity index (χ1v) is 8.86. The third-order valence-corrected chi connectivity index (χ3v) is 3.90. The van der Waals surface area contributed by atoms with Gasteiger partial charge in [0.15, 0.2) is 17.5 Å². The van der Waals surface area contributed by atoms with Gasteiger partial charge in [-0.2, -0.15) is 0 Å². The zero-order valence-electron chi connectivity index (χ0n) is 14.7. The molecule has 134 valence electrons. The van der Waals surface area contributed by atoms with Crippen molar-refractivity contribution >= 4 is 5.96 Å². The molecule has 2 N–H and O–H groups in total. The Labute approximate surface area is 148 Å². The molecule has 1 aliphatic rings. The summed E-state index contributed by atoms with van der Waals surface area (Å²) >= 11 is 0. The highest BCUT2D eigenvalue weighted by molar-refractivity contribution is 5.79. The van der Waals surface area contributed by atoms with E-state index in [1.807, 2.05) is 30.3 Å². The van der Waals surface area contributed by atoms with E-state index in [-0.39, 0.29) is 0 Å². The highest BCUT2D eigenvalue weighted by Crippen LogP contribution is 2.30. The van der Waals surface area contributed by atoms with Crippen molar-refractivity contribution in [1.82, 2.24) is 15.2 Å². The van der Waals surface area contributed by atoms with Crippen molar-refractivity contribution in [3.63, 3.8) is 0 Å². The maximum Gasteiger partial charge on any atom is 0.191 e. The van der Waals surface area contributed by atoms with Gasteiger partial charge in [-0.05, 0) is 36.8 Å². The summed E-state index contributed by atoms with van der Waals surface area (Å²) in [6, 6.07) is 10.1. The van der Waals surface area contributed by atoms with Gasteiger partial charge in [0.25, 0.3) is 0 Å². The molecular formula is C19H26N4O2. The van der Waals surface area contributed by atoms with Crippen molar-refractivity contribution in [3.05, 3.63) is 48.3 Å². The standard InChI is InChI=1S/C19H26N4O2/c1-2-20-19(21-8-11-23-9-3-4-10-23)22-15-16-6-7-17-18(14-16)25-13-5-12-24-17/h3-4,6-7,9-10,14H,2,5,8,11-13,15H2,1H3,(H2,20,21,22). The lowest BCUT2D eigenvalue weighted by molar-refractivity contribution is 0.297. The lowest BCUT2D eigenvalue weighted by Crippen LogP contribution is -2.38. The fourth-order valence-electron chi connectivity index (χ4n) is 2.64. The molecule has 6 heteroatoms. The Kier molecular flexibility index (Phi) is 6.20. The summed E-state index contributed by atoms with van der Waals surface area (Å²) in [6.45, 7) is 6.62. The molecule has 6 nitrogen and oxygen atoms in total. The lowest BCUT2D eigenvalue weighted by Gasteiger charge is -2.12. The first-order chi connectivity index (χ1) is 12.3. The van der Waals surface area contributed by atoms with Gasteiger partial charge in [0.1, 0.15) is 0 Å². The largest absolute Gasteiger partial charge is 0.490 e. The molecule has 25 heavy (non-hydrogen) atoms. The summed E-state index contributed by atoms with van der Waals surface area (Å²) in [5.41, 5.74) is 1.10. The van der Waals surface area contributed by atoms with Crippen LogP contribution in [0.3, 0.4) is 0 Å². The van der Waals surface area contributed by atoms with Crippen molar-refractivity contribution in [3.8, 4) is 11.5 Å². The van der Waals surface area contributed by atoms with Gasteiger partial charge in [0, 0.05) is 38.4 Å². The van der Waals surface area contributed by atoms with Crippen LogP contribution >= 0.6 is 0 Å². The van der Waals surface area contributed by atoms with Gasteiger partial charge in [-0.1, -0.05) is 6.07 Å². The van der Waals surface area contributed by atoms with Crippen molar-refractivity contribution in [2.24, 2.45) is 4.99 Å². The number of guanidine groups is 1. The highest BCUT2D eigenvalue weighted by atomic mass is 16.5. The number of aliphatic imine (C=N–C) groups is 1. The number of nitrogens with zero attached hydrogens (tertiary/aromatic N) is 2. The fraction of sp³-hybridized carbons (Fsp3) is 0.421. The minimum absolute atomic E-state index is 0.593. The van der Waals surface area contributed by atoms with Crippen LogP contribution in [0.1, 0.15) is 18.9 Å². The van der Waals surface area contributed by atoms with Crippen LogP contribution in [0.5, 0.6) is 11.5 Å². The Morgan fingerprint density at radius 1 is 1.12 bits per heavy atom. The molecule has 0 amide bonds. The molecule has 0 atom stereocenters. The van der Waals surface area contributed by atoms with E-state index in [1.165, 1.54) is 0 Å². The second kappa shape index (κ2) is 9.01. The molecule has 0 aliphatic carbocycles. The van der Waals surface area contributed by atoms with Gasteiger partial charge in [0.2, 0.25) is 0 Å². The summed E-state index contributed by atoms with van der Waals surface area (Å²) in [5, 5.41) is 6.64. The monoisotopic (exact) mass is 342 g/mol. The quantitative estimate of drug-likeness (QED) is 0.625. The van der Waals surface area contributed by atoms with Gasteiger partial charge in [0.05, 0.1) is 19.8 Å². The SMILES string of the molecule is CCNC(=NCc1ccc2c(c1)OCCCO2)NCCn1cccc1. The van der Waals surface area contributed by atoms with E-state index < -0.39 is 0 Å². The second-order valence-electron chi connectivity index (χ2n) is 5.87. The van der Waals surface area contributed by atoms with Crippen molar-refractivity contribution in [2.45, 2.75) is 26.4 Å². The van der Waals surface area contributed by atoms with Gasteiger partial charge < -0.3 is 24.7 Å². The first-order valence-electron chi connectivity index (χ1n) is 8.86. The van der Waals surface area contributed by atoms with Crippen LogP contribution in [-0.4, -0.2) is 36.8 Å². The van der Waals surface area contributed by atoms with Gasteiger partial charge in [-0.15, -0.1) is 0 Å². The van der Waals surface area contributed by atoms with Crippen molar-refractivity contribution < 1.29 is 9.47 Å². The van der Waals surface area contributed by atoms with Crippen molar-refractivity contribution in [1.29, 1.82) is 0 Å². The molecule has 0 unspecified atom stereocenters. The summed E-state index contributed by atoms with van der Waals surface area (Å²) < 4.78 is 13.5. The summed E-state index contributed by atoms with van der Waals surface area (Å²) in [6.07, 6.45) is 5.03. The van der Waals surface area contributed by atoms with Crippen LogP contribution in [0, 0.1) is 0 Å². The average molecular weight is 342 g/mol. The van der Waals surface area contributed by atoms with Crippen LogP contribution in [0.4, 0.5) is 0 Å².